The van der Waals surface area contributed by atoms with Gasteiger partial charge in [0.1, 0.15) is 17.3 Å². The Hall–Kier alpha value is -3.19. The maximum Gasteiger partial charge on any atom is 0.227 e. The molecular formula is C22H23FN4O2. The van der Waals surface area contributed by atoms with E-state index in [1.54, 1.807) is 26.4 Å². The van der Waals surface area contributed by atoms with Gasteiger partial charge in [-0.2, -0.15) is 0 Å². The van der Waals surface area contributed by atoms with Crippen LogP contribution < -0.4 is 14.8 Å². The molecule has 0 saturated carbocycles. The predicted octanol–water partition coefficient (Wildman–Crippen LogP) is 3.93. The average Bonchev–Trinajstić information content (AvgIpc) is 2.75. The molecule has 1 aromatic heterocycles. The first-order chi connectivity index (χ1) is 14.1. The first kappa shape index (κ1) is 19.1. The van der Waals surface area contributed by atoms with E-state index in [0.29, 0.717) is 5.95 Å². The third-order valence-electron chi connectivity index (χ3n) is 5.00. The number of benzene rings is 2. The number of halogens is 1. The van der Waals surface area contributed by atoms with Crippen molar-refractivity contribution in [3.05, 3.63) is 71.3 Å². The molecule has 2 heterocycles. The first-order valence-corrected chi connectivity index (χ1v) is 9.45. The highest BCUT2D eigenvalue weighted by atomic mass is 19.1. The molecule has 0 fully saturated rings. The summed E-state index contributed by atoms with van der Waals surface area (Å²) in [5.41, 5.74) is 4.04. The Morgan fingerprint density at radius 1 is 1.10 bits per heavy atom. The fourth-order valence-corrected chi connectivity index (χ4v) is 3.46. The number of anilines is 2. The summed E-state index contributed by atoms with van der Waals surface area (Å²) in [5, 5.41) is 3.13. The molecule has 0 saturated heterocycles. The minimum atomic E-state index is -0.268. The van der Waals surface area contributed by atoms with Gasteiger partial charge in [-0.1, -0.05) is 6.07 Å². The topological polar surface area (TPSA) is 59.5 Å². The second-order valence-electron chi connectivity index (χ2n) is 6.94. The van der Waals surface area contributed by atoms with Crippen LogP contribution in [0.3, 0.4) is 0 Å². The Morgan fingerprint density at radius 3 is 2.69 bits per heavy atom. The molecule has 29 heavy (non-hydrogen) atoms. The van der Waals surface area contributed by atoms with Gasteiger partial charge in [0, 0.05) is 55.1 Å². The molecule has 0 bridgehead atoms. The van der Waals surface area contributed by atoms with E-state index in [4.69, 9.17) is 9.47 Å². The van der Waals surface area contributed by atoms with Crippen LogP contribution in [0.1, 0.15) is 16.8 Å². The van der Waals surface area contributed by atoms with Gasteiger partial charge in [-0.25, -0.2) is 14.4 Å². The van der Waals surface area contributed by atoms with Gasteiger partial charge in [-0.15, -0.1) is 0 Å². The quantitative estimate of drug-likeness (QED) is 0.684. The molecule has 0 spiro atoms. The van der Waals surface area contributed by atoms with Gasteiger partial charge in [0.2, 0.25) is 5.95 Å². The molecule has 0 atom stereocenters. The van der Waals surface area contributed by atoms with Gasteiger partial charge in [0.05, 0.1) is 19.9 Å². The predicted molar refractivity (Wildman–Crippen MR) is 109 cm³/mol. The summed E-state index contributed by atoms with van der Waals surface area (Å²) in [6, 6.07) is 12.1. The zero-order chi connectivity index (χ0) is 20.2. The number of rotatable bonds is 6. The standard InChI is InChI=1S/C22H23FN4O2/c1-28-19-8-3-15(21(11-19)29-2)13-27-10-9-20-16(14-27)12-24-22(26-20)25-18-6-4-17(23)5-7-18/h3-8,11-12H,9-10,13-14H2,1-2H3,(H,24,25,26). The van der Waals surface area contributed by atoms with Gasteiger partial charge in [0.25, 0.3) is 0 Å². The van der Waals surface area contributed by atoms with Crippen molar-refractivity contribution < 1.29 is 13.9 Å². The fraction of sp³-hybridized carbons (Fsp3) is 0.273. The van der Waals surface area contributed by atoms with Gasteiger partial charge < -0.3 is 14.8 Å². The molecule has 1 aliphatic heterocycles. The SMILES string of the molecule is COc1ccc(CN2CCc3nc(Nc4ccc(F)cc4)ncc3C2)c(OC)c1. The number of hydrogen-bond acceptors (Lipinski definition) is 6. The van der Waals surface area contributed by atoms with Crippen molar-refractivity contribution in [3.8, 4) is 11.5 Å². The van der Waals surface area contributed by atoms with E-state index in [2.05, 4.69) is 20.2 Å². The number of aromatic nitrogens is 2. The van der Waals surface area contributed by atoms with Crippen molar-refractivity contribution >= 4 is 11.6 Å². The molecule has 4 rings (SSSR count). The molecule has 0 radical (unpaired) electrons. The number of ether oxygens (including phenoxy) is 2. The summed E-state index contributed by atoms with van der Waals surface area (Å²) in [4.78, 5) is 11.4. The van der Waals surface area contributed by atoms with Crippen molar-refractivity contribution in [1.82, 2.24) is 14.9 Å². The third-order valence-corrected chi connectivity index (χ3v) is 5.00. The summed E-state index contributed by atoms with van der Waals surface area (Å²) in [6.07, 6.45) is 2.71. The van der Waals surface area contributed by atoms with Crippen LogP contribution in [0.15, 0.2) is 48.7 Å². The summed E-state index contributed by atoms with van der Waals surface area (Å²) in [5.74, 6) is 1.87. The highest BCUT2D eigenvalue weighted by Crippen LogP contribution is 2.28. The molecule has 150 valence electrons. The number of hydrogen-bond donors (Lipinski definition) is 1. The van der Waals surface area contributed by atoms with Crippen molar-refractivity contribution in [1.29, 1.82) is 0 Å². The van der Waals surface area contributed by atoms with Crippen LogP contribution in [0.5, 0.6) is 11.5 Å². The van der Waals surface area contributed by atoms with Crippen molar-refractivity contribution in [3.63, 3.8) is 0 Å². The van der Waals surface area contributed by atoms with Crippen LogP contribution in [-0.4, -0.2) is 35.6 Å². The summed E-state index contributed by atoms with van der Waals surface area (Å²) >= 11 is 0. The first-order valence-electron chi connectivity index (χ1n) is 9.45. The highest BCUT2D eigenvalue weighted by Gasteiger charge is 2.20. The largest absolute Gasteiger partial charge is 0.497 e. The van der Waals surface area contributed by atoms with E-state index in [1.807, 2.05) is 24.4 Å². The molecule has 1 aliphatic rings. The molecule has 7 heteroatoms. The van der Waals surface area contributed by atoms with Crippen LogP contribution in [-0.2, 0) is 19.5 Å². The van der Waals surface area contributed by atoms with Crippen LogP contribution in [0.25, 0.3) is 0 Å². The van der Waals surface area contributed by atoms with Crippen LogP contribution in [0.2, 0.25) is 0 Å². The minimum Gasteiger partial charge on any atom is -0.497 e. The maximum absolute atomic E-state index is 13.1. The van der Waals surface area contributed by atoms with Crippen LogP contribution in [0.4, 0.5) is 16.0 Å². The molecule has 0 aliphatic carbocycles. The van der Waals surface area contributed by atoms with Crippen LogP contribution >= 0.6 is 0 Å². The van der Waals surface area contributed by atoms with Gasteiger partial charge >= 0.3 is 0 Å². The van der Waals surface area contributed by atoms with Crippen molar-refractivity contribution in [2.75, 3.05) is 26.1 Å². The van der Waals surface area contributed by atoms with E-state index < -0.39 is 0 Å². The van der Waals surface area contributed by atoms with E-state index in [-0.39, 0.29) is 5.82 Å². The number of fused-ring (bicyclic) bond motifs is 1. The average molecular weight is 394 g/mol. The monoisotopic (exact) mass is 394 g/mol. The van der Waals surface area contributed by atoms with E-state index in [1.165, 1.54) is 12.1 Å². The summed E-state index contributed by atoms with van der Waals surface area (Å²) in [7, 11) is 3.32. The van der Waals surface area contributed by atoms with E-state index in [9.17, 15) is 4.39 Å². The lowest BCUT2D eigenvalue weighted by Crippen LogP contribution is -2.31. The second kappa shape index (κ2) is 8.45. The summed E-state index contributed by atoms with van der Waals surface area (Å²) in [6.45, 7) is 2.46. The summed E-state index contributed by atoms with van der Waals surface area (Å²) < 4.78 is 23.8. The third kappa shape index (κ3) is 4.46. The Morgan fingerprint density at radius 2 is 1.93 bits per heavy atom. The number of nitrogens with one attached hydrogen (secondary N) is 1. The lowest BCUT2D eigenvalue weighted by Gasteiger charge is -2.28. The lowest BCUT2D eigenvalue weighted by molar-refractivity contribution is 0.239. The molecule has 0 amide bonds. The Labute approximate surface area is 169 Å². The van der Waals surface area contributed by atoms with Gasteiger partial charge in [-0.05, 0) is 30.3 Å². The van der Waals surface area contributed by atoms with Gasteiger partial charge in [0.15, 0.2) is 0 Å². The fourth-order valence-electron chi connectivity index (χ4n) is 3.46. The lowest BCUT2D eigenvalue weighted by atomic mass is 10.1. The second-order valence-corrected chi connectivity index (χ2v) is 6.94. The molecule has 2 aromatic carbocycles. The van der Waals surface area contributed by atoms with E-state index >= 15 is 0 Å². The zero-order valence-corrected chi connectivity index (χ0v) is 16.5. The van der Waals surface area contributed by atoms with Crippen LogP contribution in [0, 0.1) is 5.82 Å². The Kier molecular flexibility index (Phi) is 5.57. The highest BCUT2D eigenvalue weighted by molar-refractivity contribution is 5.53. The Bertz CT molecular complexity index is 995. The van der Waals surface area contributed by atoms with Crippen molar-refractivity contribution in [2.45, 2.75) is 19.5 Å². The molecule has 0 unspecified atom stereocenters. The zero-order valence-electron chi connectivity index (χ0n) is 16.5. The smallest absolute Gasteiger partial charge is 0.227 e. The maximum atomic E-state index is 13.1. The number of methoxy groups -OCH3 is 2. The van der Waals surface area contributed by atoms with Crippen molar-refractivity contribution in [2.24, 2.45) is 0 Å². The molecular weight excluding hydrogens is 371 g/mol. The van der Waals surface area contributed by atoms with E-state index in [0.717, 1.165) is 60.1 Å². The Balaban J connectivity index is 1.44. The molecule has 3 aromatic rings. The molecule has 6 nitrogen and oxygen atoms in total. The molecule has 1 N–H and O–H groups in total. The van der Waals surface area contributed by atoms with Gasteiger partial charge in [-0.3, -0.25) is 4.90 Å². The number of nitrogens with zero attached hydrogens (tertiary/aromatic N) is 3. The normalized spacial score (nSPS) is 13.6. The minimum absolute atomic E-state index is 0.268.